The lowest BCUT2D eigenvalue weighted by Gasteiger charge is -2.14. The van der Waals surface area contributed by atoms with Gasteiger partial charge in [-0.25, -0.2) is 8.42 Å². The van der Waals surface area contributed by atoms with E-state index in [9.17, 15) is 13.2 Å². The number of rotatable bonds is 4. The zero-order chi connectivity index (χ0) is 18.0. The van der Waals surface area contributed by atoms with Gasteiger partial charge in [0.25, 0.3) is 5.91 Å². The molecule has 0 saturated carbocycles. The molecule has 1 aliphatic rings. The Hall–Kier alpha value is -2.54. The van der Waals surface area contributed by atoms with Crippen molar-refractivity contribution in [3.63, 3.8) is 0 Å². The van der Waals surface area contributed by atoms with E-state index in [1.54, 1.807) is 30.1 Å². The summed E-state index contributed by atoms with van der Waals surface area (Å²) in [6.07, 6.45) is 0. The van der Waals surface area contributed by atoms with Crippen molar-refractivity contribution in [2.75, 3.05) is 24.9 Å². The van der Waals surface area contributed by atoms with Crippen LogP contribution in [0.25, 0.3) is 0 Å². The minimum atomic E-state index is -3.59. The molecule has 0 spiro atoms. The van der Waals surface area contributed by atoms with Crippen LogP contribution in [0, 0.1) is 6.92 Å². The zero-order valence-electron chi connectivity index (χ0n) is 14.2. The highest BCUT2D eigenvalue weighted by Crippen LogP contribution is 2.27. The van der Waals surface area contributed by atoms with Gasteiger partial charge in [0, 0.05) is 12.7 Å². The van der Waals surface area contributed by atoms with Gasteiger partial charge in [-0.1, -0.05) is 29.8 Å². The maximum atomic E-state index is 12.4. The van der Waals surface area contributed by atoms with Gasteiger partial charge in [-0.15, -0.1) is 0 Å². The van der Waals surface area contributed by atoms with E-state index in [-0.39, 0.29) is 11.7 Å². The van der Waals surface area contributed by atoms with E-state index in [4.69, 9.17) is 4.74 Å². The Morgan fingerprint density at radius 3 is 2.76 bits per heavy atom. The Kier molecular flexibility index (Phi) is 4.67. The molecule has 3 rings (SSSR count). The molecule has 0 unspecified atom stereocenters. The van der Waals surface area contributed by atoms with Gasteiger partial charge >= 0.3 is 0 Å². The number of anilines is 1. The van der Waals surface area contributed by atoms with Gasteiger partial charge in [-0.05, 0) is 30.7 Å². The minimum absolute atomic E-state index is 0.129. The Balaban J connectivity index is 1.83. The first kappa shape index (κ1) is 17.3. The van der Waals surface area contributed by atoms with Crippen LogP contribution < -0.4 is 9.46 Å². The van der Waals surface area contributed by atoms with Crippen molar-refractivity contribution in [2.45, 2.75) is 12.7 Å². The van der Waals surface area contributed by atoms with Crippen LogP contribution in [0.1, 0.15) is 21.5 Å². The van der Waals surface area contributed by atoms with Gasteiger partial charge in [-0.2, -0.15) is 0 Å². The van der Waals surface area contributed by atoms with Crippen molar-refractivity contribution in [2.24, 2.45) is 0 Å². The number of fused-ring (bicyclic) bond motifs is 1. The Bertz CT molecular complexity index is 909. The molecule has 1 N–H and O–H groups in total. The number of nitrogens with one attached hydrogen (secondary N) is 1. The third kappa shape index (κ3) is 4.11. The van der Waals surface area contributed by atoms with Crippen LogP contribution in [-0.2, 0) is 15.8 Å². The van der Waals surface area contributed by atoms with Crippen LogP contribution in [0.5, 0.6) is 5.75 Å². The highest BCUT2D eigenvalue weighted by atomic mass is 32.2. The second kappa shape index (κ2) is 6.76. The predicted molar refractivity (Wildman–Crippen MR) is 96.3 cm³/mol. The second-order valence-electron chi connectivity index (χ2n) is 6.14. The molecule has 1 amide bonds. The number of aryl methyl sites for hydroxylation is 1. The molecule has 0 radical (unpaired) electrons. The van der Waals surface area contributed by atoms with E-state index in [0.29, 0.717) is 35.7 Å². The van der Waals surface area contributed by atoms with Crippen molar-refractivity contribution >= 4 is 21.6 Å². The molecule has 0 aromatic heterocycles. The standard InChI is InChI=1S/C18H20N2O4S/c1-13-4-3-5-14(10-13)12-25(22,23)19-15-6-7-17-16(11-15)18(21)20(2)8-9-24-17/h3-7,10-11,19H,8-9,12H2,1-2H3. The molecule has 6 nitrogen and oxygen atoms in total. The van der Waals surface area contributed by atoms with Crippen molar-refractivity contribution in [1.82, 2.24) is 4.90 Å². The molecule has 0 aliphatic carbocycles. The first-order valence-corrected chi connectivity index (χ1v) is 9.58. The number of sulfonamides is 1. The van der Waals surface area contributed by atoms with Gasteiger partial charge in [0.05, 0.1) is 17.9 Å². The summed E-state index contributed by atoms with van der Waals surface area (Å²) in [5.74, 6) is 0.152. The topological polar surface area (TPSA) is 75.7 Å². The number of carbonyl (C=O) groups excluding carboxylic acids is 1. The van der Waals surface area contributed by atoms with E-state index in [0.717, 1.165) is 5.56 Å². The number of likely N-dealkylation sites (N-methyl/N-ethyl adjacent to an activating group) is 1. The maximum absolute atomic E-state index is 12.4. The molecule has 0 fully saturated rings. The molecule has 25 heavy (non-hydrogen) atoms. The van der Waals surface area contributed by atoms with E-state index in [1.165, 1.54) is 6.07 Å². The molecular weight excluding hydrogens is 340 g/mol. The quantitative estimate of drug-likeness (QED) is 0.908. The Morgan fingerprint density at radius 1 is 1.20 bits per heavy atom. The van der Waals surface area contributed by atoms with Gasteiger partial charge in [0.15, 0.2) is 0 Å². The average molecular weight is 360 g/mol. The summed E-state index contributed by atoms with van der Waals surface area (Å²) in [5, 5.41) is 0. The Labute approximate surface area is 147 Å². The van der Waals surface area contributed by atoms with Gasteiger partial charge in [-0.3, -0.25) is 9.52 Å². The SMILES string of the molecule is Cc1cccc(CS(=O)(=O)Nc2ccc3c(c2)C(=O)N(C)CCO3)c1. The fourth-order valence-electron chi connectivity index (χ4n) is 2.72. The number of nitrogens with zero attached hydrogens (tertiary/aromatic N) is 1. The van der Waals surface area contributed by atoms with E-state index < -0.39 is 10.0 Å². The van der Waals surface area contributed by atoms with Gasteiger partial charge in [0.2, 0.25) is 10.0 Å². The summed E-state index contributed by atoms with van der Waals surface area (Å²) in [6, 6.07) is 12.1. The zero-order valence-corrected chi connectivity index (χ0v) is 15.0. The summed E-state index contributed by atoms with van der Waals surface area (Å²) in [5.41, 5.74) is 2.42. The number of hydrogen-bond donors (Lipinski definition) is 1. The summed E-state index contributed by atoms with van der Waals surface area (Å²) >= 11 is 0. The molecular formula is C18H20N2O4S. The second-order valence-corrected chi connectivity index (χ2v) is 7.86. The molecule has 2 aromatic carbocycles. The van der Waals surface area contributed by atoms with E-state index in [1.807, 2.05) is 25.1 Å². The first-order chi connectivity index (χ1) is 11.8. The molecule has 0 bridgehead atoms. The lowest BCUT2D eigenvalue weighted by atomic mass is 10.1. The van der Waals surface area contributed by atoms with Crippen molar-refractivity contribution in [1.29, 1.82) is 0 Å². The van der Waals surface area contributed by atoms with Crippen LogP contribution in [-0.4, -0.2) is 39.4 Å². The summed E-state index contributed by atoms with van der Waals surface area (Å²) < 4.78 is 32.9. The molecule has 1 heterocycles. The lowest BCUT2D eigenvalue weighted by molar-refractivity contribution is 0.0796. The Morgan fingerprint density at radius 2 is 2.00 bits per heavy atom. The highest BCUT2D eigenvalue weighted by Gasteiger charge is 2.22. The van der Waals surface area contributed by atoms with Crippen LogP contribution >= 0.6 is 0 Å². The number of amides is 1. The molecule has 132 valence electrons. The third-order valence-electron chi connectivity index (χ3n) is 3.95. The molecule has 0 saturated heterocycles. The monoisotopic (exact) mass is 360 g/mol. The highest BCUT2D eigenvalue weighted by molar-refractivity contribution is 7.91. The van der Waals surface area contributed by atoms with Gasteiger partial charge in [0.1, 0.15) is 12.4 Å². The fraction of sp³-hybridized carbons (Fsp3) is 0.278. The average Bonchev–Trinajstić information content (AvgIpc) is 2.67. The van der Waals surface area contributed by atoms with Crippen LogP contribution in [0.2, 0.25) is 0 Å². The largest absolute Gasteiger partial charge is 0.491 e. The van der Waals surface area contributed by atoms with E-state index in [2.05, 4.69) is 4.72 Å². The van der Waals surface area contributed by atoms with Crippen LogP contribution in [0.4, 0.5) is 5.69 Å². The smallest absolute Gasteiger partial charge is 0.257 e. The van der Waals surface area contributed by atoms with Crippen molar-refractivity contribution < 1.29 is 17.9 Å². The van der Waals surface area contributed by atoms with Crippen LogP contribution in [0.3, 0.4) is 0 Å². The van der Waals surface area contributed by atoms with E-state index >= 15 is 0 Å². The predicted octanol–water partition coefficient (Wildman–Crippen LogP) is 2.40. The number of ether oxygens (including phenoxy) is 1. The number of carbonyl (C=O) groups is 1. The summed E-state index contributed by atoms with van der Waals surface area (Å²) in [7, 11) is -1.90. The van der Waals surface area contributed by atoms with Crippen molar-refractivity contribution in [3.05, 3.63) is 59.2 Å². The summed E-state index contributed by atoms with van der Waals surface area (Å²) in [4.78, 5) is 13.9. The van der Waals surface area contributed by atoms with Crippen molar-refractivity contribution in [3.8, 4) is 5.75 Å². The normalized spacial score (nSPS) is 14.5. The molecule has 2 aromatic rings. The number of hydrogen-bond acceptors (Lipinski definition) is 4. The molecule has 7 heteroatoms. The molecule has 0 atom stereocenters. The maximum Gasteiger partial charge on any atom is 0.257 e. The fourth-order valence-corrected chi connectivity index (χ4v) is 3.90. The minimum Gasteiger partial charge on any atom is -0.491 e. The molecule has 1 aliphatic heterocycles. The number of benzene rings is 2. The summed E-state index contributed by atoms with van der Waals surface area (Å²) in [6.45, 7) is 2.81. The lowest BCUT2D eigenvalue weighted by Crippen LogP contribution is -2.27. The first-order valence-electron chi connectivity index (χ1n) is 7.92. The third-order valence-corrected chi connectivity index (χ3v) is 5.21. The van der Waals surface area contributed by atoms with Crippen LogP contribution in [0.15, 0.2) is 42.5 Å². The van der Waals surface area contributed by atoms with Gasteiger partial charge < -0.3 is 9.64 Å².